The molecule has 0 heterocycles. The molecule has 0 fully saturated rings. The fraction of sp³-hybridized carbons (Fsp3) is 0.613. The molecule has 3 rings (SSSR count). The second kappa shape index (κ2) is 11.4. The molecule has 33 heavy (non-hydrogen) atoms. The Hall–Kier alpha value is 0.0374. The van der Waals surface area contributed by atoms with Crippen LogP contribution >= 0.6 is 0 Å². The zero-order chi connectivity index (χ0) is 24.3. The molecular weight excluding hydrogens is 610 g/mol. The summed E-state index contributed by atoms with van der Waals surface area (Å²) in [5.41, 5.74) is 6.77. The summed E-state index contributed by atoms with van der Waals surface area (Å²) in [6.07, 6.45) is 13.6. The average molecular weight is 660 g/mol. The molecule has 0 nitrogen and oxygen atoms in total. The maximum atomic E-state index is 2.71. The SMILES string of the molecule is CCCCCCC1(CCCCCC)c2c[c]([Sn]([CH3])([CH3])[CH3])ccc2-c2cc[c]([Sn]([CH3])([CH3])[CH3])cc21. The van der Waals surface area contributed by atoms with Crippen LogP contribution in [0.2, 0.25) is 29.6 Å². The number of hydrogen-bond donors (Lipinski definition) is 0. The molecule has 0 saturated carbocycles. The van der Waals surface area contributed by atoms with Crippen LogP contribution in [0.3, 0.4) is 0 Å². The Balaban J connectivity index is 2.18. The van der Waals surface area contributed by atoms with Gasteiger partial charge in [-0.1, -0.05) is 0 Å². The van der Waals surface area contributed by atoms with E-state index in [-0.39, 0.29) is 5.41 Å². The Morgan fingerprint density at radius 3 is 1.27 bits per heavy atom. The Bertz CT molecular complexity index is 849. The van der Waals surface area contributed by atoms with Gasteiger partial charge in [-0.15, -0.1) is 0 Å². The first-order chi connectivity index (χ1) is 15.5. The number of fused-ring (bicyclic) bond motifs is 3. The number of hydrogen-bond acceptors (Lipinski definition) is 0. The minimum absolute atomic E-state index is 0.242. The molecule has 0 unspecified atom stereocenters. The second-order valence-corrected chi connectivity index (χ2v) is 41.7. The molecule has 2 aromatic carbocycles. The molecule has 0 aliphatic heterocycles. The quantitative estimate of drug-likeness (QED) is 0.158. The third kappa shape index (κ3) is 6.24. The van der Waals surface area contributed by atoms with Crippen LogP contribution in [0.15, 0.2) is 36.4 Å². The van der Waals surface area contributed by atoms with Gasteiger partial charge in [-0.2, -0.15) is 0 Å². The van der Waals surface area contributed by atoms with E-state index in [0.29, 0.717) is 0 Å². The number of rotatable bonds is 12. The van der Waals surface area contributed by atoms with Gasteiger partial charge in [-0.3, -0.25) is 0 Å². The van der Waals surface area contributed by atoms with Gasteiger partial charge in [0.05, 0.1) is 0 Å². The molecule has 2 heteroatoms. The Morgan fingerprint density at radius 2 is 0.939 bits per heavy atom. The van der Waals surface area contributed by atoms with Crippen LogP contribution in [-0.2, 0) is 5.41 Å². The van der Waals surface area contributed by atoms with E-state index in [1.165, 1.54) is 64.2 Å². The monoisotopic (exact) mass is 662 g/mol. The standard InChI is InChI=1S/C25H32.6CH3.2Sn/c1-3-5-7-13-19-25(20-14-8-6-4-2)23-17-11-9-15-21(23)22-16-10-12-18-24(22)25;;;;;;;;/h9-10,15-18H,3-8,13-14,19-20H2,1-2H3;6*1H3;;. The zero-order valence-electron chi connectivity index (χ0n) is 23.0. The number of unbranched alkanes of at least 4 members (excludes halogenated alkanes) is 6. The fourth-order valence-electron chi connectivity index (χ4n) is 5.80. The second-order valence-electron chi connectivity index (χ2n) is 12.7. The molecule has 0 spiro atoms. The van der Waals surface area contributed by atoms with Crippen molar-refractivity contribution in [1.82, 2.24) is 0 Å². The summed E-state index contributed by atoms with van der Waals surface area (Å²) in [6, 6.07) is 15.5. The normalized spacial score (nSPS) is 14.9. The van der Waals surface area contributed by atoms with Gasteiger partial charge in [-0.05, 0) is 0 Å². The predicted molar refractivity (Wildman–Crippen MR) is 156 cm³/mol. The molecule has 0 aromatic heterocycles. The van der Waals surface area contributed by atoms with Crippen LogP contribution in [-0.4, -0.2) is 36.8 Å². The Kier molecular flexibility index (Phi) is 9.54. The molecule has 0 N–H and O–H groups in total. The van der Waals surface area contributed by atoms with E-state index in [1.807, 2.05) is 0 Å². The molecule has 182 valence electrons. The van der Waals surface area contributed by atoms with Gasteiger partial charge in [0.15, 0.2) is 0 Å². The summed E-state index contributed by atoms with van der Waals surface area (Å²) in [6.45, 7) is 4.68. The predicted octanol–water partition coefficient (Wildman–Crippen LogP) is 8.98. The summed E-state index contributed by atoms with van der Waals surface area (Å²) in [4.78, 5) is 15.5. The molecule has 0 saturated heterocycles. The summed E-state index contributed by atoms with van der Waals surface area (Å²) < 4.78 is 3.41. The fourth-order valence-corrected chi connectivity index (χ4v) is 12.4. The van der Waals surface area contributed by atoms with Crippen molar-refractivity contribution in [2.45, 2.75) is 113 Å². The van der Waals surface area contributed by atoms with Gasteiger partial charge in [0.2, 0.25) is 0 Å². The van der Waals surface area contributed by atoms with E-state index < -0.39 is 36.8 Å². The summed E-state index contributed by atoms with van der Waals surface area (Å²) >= 11 is -4.31. The first-order valence-corrected chi connectivity index (χ1v) is 33.8. The van der Waals surface area contributed by atoms with Crippen LogP contribution in [0.4, 0.5) is 0 Å². The van der Waals surface area contributed by atoms with Gasteiger partial charge in [0, 0.05) is 0 Å². The van der Waals surface area contributed by atoms with Crippen LogP contribution in [0.5, 0.6) is 0 Å². The first-order valence-electron chi connectivity index (χ1n) is 13.8. The van der Waals surface area contributed by atoms with Crippen molar-refractivity contribution >= 4 is 43.9 Å². The summed E-state index contributed by atoms with van der Waals surface area (Å²) in [5, 5.41) is 0. The van der Waals surface area contributed by atoms with Gasteiger partial charge >= 0.3 is 216 Å². The number of benzene rings is 2. The third-order valence-electron chi connectivity index (χ3n) is 8.01. The molecule has 1 aliphatic carbocycles. The van der Waals surface area contributed by atoms with Crippen LogP contribution in [0, 0.1) is 0 Å². The third-order valence-corrected chi connectivity index (χ3v) is 19.7. The zero-order valence-corrected chi connectivity index (χ0v) is 28.7. The van der Waals surface area contributed by atoms with Gasteiger partial charge in [0.1, 0.15) is 0 Å². The minimum atomic E-state index is -2.15. The molecule has 0 amide bonds. The maximum absolute atomic E-state index is 2.71. The Morgan fingerprint density at radius 1 is 0.545 bits per heavy atom. The summed E-state index contributed by atoms with van der Waals surface area (Å²) in [5.74, 6) is 0. The molecular formula is C31H50Sn2. The van der Waals surface area contributed by atoms with E-state index in [0.717, 1.165) is 0 Å². The van der Waals surface area contributed by atoms with Crippen molar-refractivity contribution in [3.05, 3.63) is 47.5 Å². The Labute approximate surface area is 214 Å². The van der Waals surface area contributed by atoms with E-state index in [4.69, 9.17) is 0 Å². The van der Waals surface area contributed by atoms with Crippen molar-refractivity contribution in [2.24, 2.45) is 0 Å². The molecule has 0 bridgehead atoms. The van der Waals surface area contributed by atoms with Crippen LogP contribution in [0.25, 0.3) is 11.1 Å². The van der Waals surface area contributed by atoms with Gasteiger partial charge in [0.25, 0.3) is 0 Å². The van der Waals surface area contributed by atoms with Crippen molar-refractivity contribution in [2.75, 3.05) is 0 Å². The van der Waals surface area contributed by atoms with Gasteiger partial charge in [-0.25, -0.2) is 0 Å². The summed E-state index contributed by atoms with van der Waals surface area (Å²) in [7, 11) is 0. The van der Waals surface area contributed by atoms with Crippen molar-refractivity contribution in [3.8, 4) is 11.1 Å². The van der Waals surface area contributed by atoms with Crippen molar-refractivity contribution < 1.29 is 0 Å². The van der Waals surface area contributed by atoms with E-state index in [9.17, 15) is 0 Å². The molecule has 1 aliphatic rings. The molecule has 0 radical (unpaired) electrons. The first kappa shape index (κ1) is 27.6. The molecule has 0 atom stereocenters. The van der Waals surface area contributed by atoms with Crippen LogP contribution < -0.4 is 7.16 Å². The average Bonchev–Trinajstić information content (AvgIpc) is 3.02. The van der Waals surface area contributed by atoms with Crippen molar-refractivity contribution in [1.29, 1.82) is 0 Å². The topological polar surface area (TPSA) is 0 Å². The molecule has 2 aromatic rings. The van der Waals surface area contributed by atoms with Gasteiger partial charge < -0.3 is 0 Å². The van der Waals surface area contributed by atoms with E-state index in [1.54, 1.807) is 29.4 Å². The van der Waals surface area contributed by atoms with E-state index >= 15 is 0 Å². The van der Waals surface area contributed by atoms with Crippen LogP contribution in [0.1, 0.15) is 89.2 Å². The van der Waals surface area contributed by atoms with Crippen molar-refractivity contribution in [3.63, 3.8) is 0 Å². The van der Waals surface area contributed by atoms with E-state index in [2.05, 4.69) is 79.9 Å².